The molecule has 3 rings (SSSR count). The maximum atomic E-state index is 13.7. The quantitative estimate of drug-likeness (QED) is 0.292. The molecule has 0 radical (unpaired) electrons. The zero-order chi connectivity index (χ0) is 27.8. The number of piperidine rings is 2. The molecule has 0 bridgehead atoms. The van der Waals surface area contributed by atoms with Crippen LogP contribution in [0.4, 0.5) is 24.5 Å². The monoisotopic (exact) mass is 523 g/mol. The Kier molecular flexibility index (Phi) is 14.9. The highest BCUT2D eigenvalue weighted by molar-refractivity contribution is 5.96. The van der Waals surface area contributed by atoms with Crippen LogP contribution in [0.1, 0.15) is 72.3 Å². The first-order chi connectivity index (χ1) is 17.6. The minimum absolute atomic E-state index is 0.0958. The van der Waals surface area contributed by atoms with Gasteiger partial charge < -0.3 is 16.0 Å². The van der Waals surface area contributed by atoms with Gasteiger partial charge in [0, 0.05) is 18.4 Å². The summed E-state index contributed by atoms with van der Waals surface area (Å²) in [7, 11) is 0. The van der Waals surface area contributed by atoms with Gasteiger partial charge >= 0.3 is 6.18 Å². The molecule has 2 aliphatic heterocycles. The van der Waals surface area contributed by atoms with Gasteiger partial charge in [-0.3, -0.25) is 9.69 Å². The van der Waals surface area contributed by atoms with E-state index in [0.29, 0.717) is 12.4 Å². The SMILES string of the molecule is C=C1CNCC/C1=C/N=C(C)Nc1ccc(NC(=O)CN2CCCCC2)c(C(F)(F)F)c1.CC.CCC. The van der Waals surface area contributed by atoms with Crippen LogP contribution >= 0.6 is 0 Å². The van der Waals surface area contributed by atoms with E-state index in [1.54, 1.807) is 13.1 Å². The van der Waals surface area contributed by atoms with Gasteiger partial charge in [-0.05, 0) is 75.2 Å². The topological polar surface area (TPSA) is 68.8 Å². The first-order valence-electron chi connectivity index (χ1n) is 13.3. The smallest absolute Gasteiger partial charge is 0.344 e. The highest BCUT2D eigenvalue weighted by Crippen LogP contribution is 2.36. The number of amidine groups is 1. The van der Waals surface area contributed by atoms with Crippen molar-refractivity contribution in [1.82, 2.24) is 10.2 Å². The first kappa shape index (κ1) is 32.4. The van der Waals surface area contributed by atoms with Crippen LogP contribution in [-0.4, -0.2) is 49.4 Å². The summed E-state index contributed by atoms with van der Waals surface area (Å²) in [5.74, 6) is 0.0171. The Hall–Kier alpha value is -2.65. The number of rotatable bonds is 5. The third-order valence-electron chi connectivity index (χ3n) is 5.52. The molecule has 0 aliphatic carbocycles. The first-order valence-corrected chi connectivity index (χ1v) is 13.3. The van der Waals surface area contributed by atoms with Crippen LogP contribution in [0.3, 0.4) is 0 Å². The number of halogens is 3. The predicted octanol–water partition coefficient (Wildman–Crippen LogP) is 6.84. The Morgan fingerprint density at radius 2 is 1.81 bits per heavy atom. The van der Waals surface area contributed by atoms with Crippen LogP contribution in [0.15, 0.2) is 47.1 Å². The average Bonchev–Trinajstić information content (AvgIpc) is 2.86. The fourth-order valence-corrected chi connectivity index (χ4v) is 3.80. The van der Waals surface area contributed by atoms with Gasteiger partial charge in [0.15, 0.2) is 0 Å². The van der Waals surface area contributed by atoms with Gasteiger partial charge in [-0.15, -0.1) is 0 Å². The highest BCUT2D eigenvalue weighted by Gasteiger charge is 2.34. The number of carbonyl (C=O) groups excluding carboxylic acids is 1. The molecular formula is C28H44F3N5O. The summed E-state index contributed by atoms with van der Waals surface area (Å²) in [6.07, 6.45) is 2.28. The second kappa shape index (κ2) is 17.0. The molecule has 9 heteroatoms. The zero-order valence-electron chi connectivity index (χ0n) is 23.0. The maximum absolute atomic E-state index is 13.7. The summed E-state index contributed by atoms with van der Waals surface area (Å²) in [5, 5.41) is 8.54. The van der Waals surface area contributed by atoms with Gasteiger partial charge in [0.05, 0.1) is 17.8 Å². The number of aliphatic imine (C=N–C) groups is 1. The van der Waals surface area contributed by atoms with Crippen LogP contribution < -0.4 is 16.0 Å². The van der Waals surface area contributed by atoms with E-state index in [4.69, 9.17) is 0 Å². The summed E-state index contributed by atoms with van der Waals surface area (Å²) in [5.41, 5.74) is 1.08. The molecule has 2 heterocycles. The summed E-state index contributed by atoms with van der Waals surface area (Å²) < 4.78 is 41.0. The fraction of sp³-hybridized carbons (Fsp3) is 0.571. The molecule has 0 spiro atoms. The number of nitrogens with zero attached hydrogens (tertiary/aromatic N) is 2. The third kappa shape index (κ3) is 12.0. The summed E-state index contributed by atoms with van der Waals surface area (Å²) in [6, 6.07) is 3.77. The Balaban J connectivity index is 0.00000127. The van der Waals surface area contributed by atoms with Crippen molar-refractivity contribution in [3.8, 4) is 0 Å². The molecule has 0 unspecified atom stereocenters. The van der Waals surface area contributed by atoms with Crippen molar-refractivity contribution in [2.45, 2.75) is 72.9 Å². The average molecular weight is 524 g/mol. The van der Waals surface area contributed by atoms with Crippen LogP contribution in [-0.2, 0) is 11.0 Å². The summed E-state index contributed by atoms with van der Waals surface area (Å²) in [4.78, 5) is 18.6. The predicted molar refractivity (Wildman–Crippen MR) is 149 cm³/mol. The van der Waals surface area contributed by atoms with E-state index in [1.165, 1.54) is 18.6 Å². The summed E-state index contributed by atoms with van der Waals surface area (Å²) in [6.45, 7) is 17.1. The van der Waals surface area contributed by atoms with Crippen molar-refractivity contribution in [2.24, 2.45) is 4.99 Å². The molecule has 0 aromatic heterocycles. The molecular weight excluding hydrogens is 479 g/mol. The van der Waals surface area contributed by atoms with Crippen LogP contribution in [0.25, 0.3) is 0 Å². The lowest BCUT2D eigenvalue weighted by atomic mass is 10.0. The molecule has 2 saturated heterocycles. The second-order valence-electron chi connectivity index (χ2n) is 8.87. The highest BCUT2D eigenvalue weighted by atomic mass is 19.4. The van der Waals surface area contributed by atoms with Crippen molar-refractivity contribution in [3.63, 3.8) is 0 Å². The number of likely N-dealkylation sites (tertiary alicyclic amines) is 1. The maximum Gasteiger partial charge on any atom is 0.418 e. The summed E-state index contributed by atoms with van der Waals surface area (Å²) >= 11 is 0. The van der Waals surface area contributed by atoms with Crippen LogP contribution in [0.2, 0.25) is 0 Å². The minimum Gasteiger partial charge on any atom is -0.344 e. The number of alkyl halides is 3. The number of hydrogen-bond acceptors (Lipinski definition) is 4. The van der Waals surface area contributed by atoms with Gasteiger partial charge in [-0.1, -0.05) is 47.1 Å². The number of amides is 1. The fourth-order valence-electron chi connectivity index (χ4n) is 3.80. The molecule has 0 saturated carbocycles. The zero-order valence-corrected chi connectivity index (χ0v) is 23.0. The lowest BCUT2D eigenvalue weighted by Gasteiger charge is -2.26. The van der Waals surface area contributed by atoms with Crippen LogP contribution in [0.5, 0.6) is 0 Å². The molecule has 1 amide bonds. The normalized spacial score (nSPS) is 17.8. The van der Waals surface area contributed by atoms with E-state index in [2.05, 4.69) is 41.4 Å². The van der Waals surface area contributed by atoms with Gasteiger partial charge in [0.25, 0.3) is 0 Å². The standard InChI is InChI=1S/C23H30F3N5O.C3H8.C2H6/c1-16-13-27-9-8-18(16)14-28-17(2)29-19-6-7-21(20(12-19)23(24,25)26)30-22(32)15-31-10-4-3-5-11-31;1-3-2;1-2/h6-7,12,14,27H,1,3-5,8-11,13,15H2,2H3,(H,28,29)(H,30,32);3H2,1-2H3;1-2H3/b18-14-;;. The molecule has 208 valence electrons. The Bertz CT molecular complexity index is 919. The van der Waals surface area contributed by atoms with Gasteiger partial charge in [0.1, 0.15) is 5.84 Å². The van der Waals surface area contributed by atoms with Crippen molar-refractivity contribution in [2.75, 3.05) is 43.4 Å². The van der Waals surface area contributed by atoms with E-state index in [-0.39, 0.29) is 17.9 Å². The van der Waals surface area contributed by atoms with E-state index in [1.807, 2.05) is 18.7 Å². The molecule has 2 aliphatic rings. The molecule has 1 aromatic rings. The molecule has 1 aromatic carbocycles. The number of hydrogen-bond donors (Lipinski definition) is 3. The van der Waals surface area contributed by atoms with Gasteiger partial charge in [-0.25, -0.2) is 4.99 Å². The van der Waals surface area contributed by atoms with Crippen molar-refractivity contribution in [3.05, 3.63) is 47.7 Å². The molecule has 6 nitrogen and oxygen atoms in total. The van der Waals surface area contributed by atoms with Gasteiger partial charge in [0.2, 0.25) is 5.91 Å². The minimum atomic E-state index is -4.61. The third-order valence-corrected chi connectivity index (χ3v) is 5.52. The number of carbonyl (C=O) groups is 1. The van der Waals surface area contributed by atoms with E-state index in [0.717, 1.165) is 62.5 Å². The van der Waals surface area contributed by atoms with Gasteiger partial charge in [-0.2, -0.15) is 13.2 Å². The number of anilines is 2. The lowest BCUT2D eigenvalue weighted by Crippen LogP contribution is -2.37. The largest absolute Gasteiger partial charge is 0.418 e. The lowest BCUT2D eigenvalue weighted by molar-refractivity contribution is -0.136. The molecule has 0 atom stereocenters. The second-order valence-corrected chi connectivity index (χ2v) is 8.87. The van der Waals surface area contributed by atoms with Crippen molar-refractivity contribution in [1.29, 1.82) is 0 Å². The Morgan fingerprint density at radius 3 is 2.41 bits per heavy atom. The Morgan fingerprint density at radius 1 is 1.16 bits per heavy atom. The molecule has 2 fully saturated rings. The number of nitrogens with one attached hydrogen (secondary N) is 3. The van der Waals surface area contributed by atoms with Crippen molar-refractivity contribution >= 4 is 23.1 Å². The van der Waals surface area contributed by atoms with Crippen molar-refractivity contribution < 1.29 is 18.0 Å². The van der Waals surface area contributed by atoms with E-state index in [9.17, 15) is 18.0 Å². The molecule has 3 N–H and O–H groups in total. The van der Waals surface area contributed by atoms with E-state index < -0.39 is 17.6 Å². The number of benzene rings is 1. The van der Waals surface area contributed by atoms with E-state index >= 15 is 0 Å². The Labute approximate surface area is 220 Å². The van der Waals surface area contributed by atoms with Crippen LogP contribution in [0, 0.1) is 0 Å². The molecule has 37 heavy (non-hydrogen) atoms.